The maximum Gasteiger partial charge on any atom is 0.120 e. The maximum absolute atomic E-state index is 6.90. The van der Waals surface area contributed by atoms with Crippen LogP contribution < -0.4 is 0 Å². The molecule has 0 saturated heterocycles. The first-order valence-electron chi connectivity index (χ1n) is 3.11. The van der Waals surface area contributed by atoms with Crippen LogP contribution in [0.15, 0.2) is 30.6 Å². The summed E-state index contributed by atoms with van der Waals surface area (Å²) in [4.78, 5) is 3.90. The molecule has 0 bridgehead atoms. The number of aromatic nitrogens is 1. The van der Waals surface area contributed by atoms with Crippen molar-refractivity contribution >= 4 is 22.8 Å². The number of pyridine rings is 1. The molecule has 0 aliphatic carbocycles. The zero-order chi connectivity index (χ0) is 8.10. The zero-order valence-corrected chi connectivity index (χ0v) is 6.55. The monoisotopic (exact) mass is 166 g/mol. The van der Waals surface area contributed by atoms with Gasteiger partial charge in [-0.15, -0.1) is 0 Å². The molecule has 1 N–H and O–H groups in total. The molecule has 11 heavy (non-hydrogen) atoms. The molecule has 0 amide bonds. The van der Waals surface area contributed by atoms with Gasteiger partial charge < -0.3 is 0 Å². The van der Waals surface area contributed by atoms with E-state index in [1.807, 2.05) is 12.1 Å². The molecular formula is C8H7ClN2. The lowest BCUT2D eigenvalue weighted by molar-refractivity contribution is 1.32. The Morgan fingerprint density at radius 3 is 3.00 bits per heavy atom. The Morgan fingerprint density at radius 2 is 2.45 bits per heavy atom. The Kier molecular flexibility index (Phi) is 2.81. The third-order valence-electron chi connectivity index (χ3n) is 1.11. The van der Waals surface area contributed by atoms with E-state index in [1.54, 1.807) is 18.5 Å². The summed E-state index contributed by atoms with van der Waals surface area (Å²) in [5.74, 6) is 0. The van der Waals surface area contributed by atoms with Gasteiger partial charge in [0, 0.05) is 12.4 Å². The molecule has 1 aromatic heterocycles. The molecule has 1 aromatic rings. The minimum Gasteiger partial charge on any atom is -0.289 e. The Morgan fingerprint density at radius 1 is 1.64 bits per heavy atom. The SMILES string of the molecule is N=C(Cl)C=Cc1cccnc1. The minimum atomic E-state index is 0.0221. The smallest absolute Gasteiger partial charge is 0.120 e. The molecule has 0 aliphatic heterocycles. The van der Waals surface area contributed by atoms with Gasteiger partial charge in [-0.2, -0.15) is 0 Å². The summed E-state index contributed by atoms with van der Waals surface area (Å²) in [6, 6.07) is 3.72. The van der Waals surface area contributed by atoms with E-state index in [0.29, 0.717) is 0 Å². The van der Waals surface area contributed by atoms with E-state index < -0.39 is 0 Å². The normalized spacial score (nSPS) is 10.3. The van der Waals surface area contributed by atoms with Gasteiger partial charge in [-0.05, 0) is 17.7 Å². The maximum atomic E-state index is 6.90. The average molecular weight is 167 g/mol. The molecule has 1 rings (SSSR count). The van der Waals surface area contributed by atoms with Crippen LogP contribution >= 0.6 is 11.6 Å². The second-order valence-electron chi connectivity index (χ2n) is 1.97. The van der Waals surface area contributed by atoms with Crippen molar-refractivity contribution in [1.29, 1.82) is 5.41 Å². The Hall–Kier alpha value is -1.15. The van der Waals surface area contributed by atoms with Crippen molar-refractivity contribution < 1.29 is 0 Å². The number of hydrogen-bond acceptors (Lipinski definition) is 2. The van der Waals surface area contributed by atoms with Crippen LogP contribution in [0.2, 0.25) is 0 Å². The van der Waals surface area contributed by atoms with E-state index in [1.165, 1.54) is 6.08 Å². The quantitative estimate of drug-likeness (QED) is 0.673. The highest BCUT2D eigenvalue weighted by Crippen LogP contribution is 1.99. The molecule has 0 spiro atoms. The highest BCUT2D eigenvalue weighted by Gasteiger charge is 1.83. The highest BCUT2D eigenvalue weighted by molar-refractivity contribution is 6.67. The van der Waals surface area contributed by atoms with E-state index in [9.17, 15) is 0 Å². The van der Waals surface area contributed by atoms with Gasteiger partial charge >= 0.3 is 0 Å². The van der Waals surface area contributed by atoms with Gasteiger partial charge in [0.2, 0.25) is 0 Å². The molecule has 2 nitrogen and oxygen atoms in total. The van der Waals surface area contributed by atoms with E-state index in [0.717, 1.165) is 5.56 Å². The summed E-state index contributed by atoms with van der Waals surface area (Å²) >= 11 is 5.30. The van der Waals surface area contributed by atoms with Gasteiger partial charge in [-0.3, -0.25) is 10.4 Å². The minimum absolute atomic E-state index is 0.0221. The van der Waals surface area contributed by atoms with Crippen LogP contribution in [0.1, 0.15) is 5.56 Å². The lowest BCUT2D eigenvalue weighted by atomic mass is 10.3. The molecule has 0 atom stereocenters. The lowest BCUT2D eigenvalue weighted by Crippen LogP contribution is -1.76. The standard InChI is InChI=1S/C8H7ClN2/c9-8(10)4-3-7-2-1-5-11-6-7/h1-6,10H. The Labute approximate surface area is 70.0 Å². The zero-order valence-electron chi connectivity index (χ0n) is 5.79. The molecular weight excluding hydrogens is 160 g/mol. The van der Waals surface area contributed by atoms with E-state index >= 15 is 0 Å². The second kappa shape index (κ2) is 3.88. The fourth-order valence-corrected chi connectivity index (χ4v) is 0.707. The van der Waals surface area contributed by atoms with Crippen molar-refractivity contribution in [1.82, 2.24) is 4.98 Å². The summed E-state index contributed by atoms with van der Waals surface area (Å²) in [5.41, 5.74) is 0.943. The summed E-state index contributed by atoms with van der Waals surface area (Å²) in [6.45, 7) is 0. The first-order chi connectivity index (χ1) is 5.29. The van der Waals surface area contributed by atoms with Crippen molar-refractivity contribution in [2.75, 3.05) is 0 Å². The summed E-state index contributed by atoms with van der Waals surface area (Å²) < 4.78 is 0. The lowest BCUT2D eigenvalue weighted by Gasteiger charge is -1.87. The molecule has 0 aliphatic rings. The third kappa shape index (κ3) is 2.96. The van der Waals surface area contributed by atoms with Gasteiger partial charge in [0.15, 0.2) is 0 Å². The van der Waals surface area contributed by atoms with Crippen LogP contribution in [0, 0.1) is 5.41 Å². The van der Waals surface area contributed by atoms with Crippen LogP contribution in [0.3, 0.4) is 0 Å². The number of halogens is 1. The van der Waals surface area contributed by atoms with Crippen molar-refractivity contribution in [3.63, 3.8) is 0 Å². The first-order valence-corrected chi connectivity index (χ1v) is 3.49. The van der Waals surface area contributed by atoms with Crippen molar-refractivity contribution in [3.05, 3.63) is 36.2 Å². The molecule has 0 saturated carbocycles. The Bertz CT molecular complexity index is 267. The van der Waals surface area contributed by atoms with Gasteiger partial charge in [-0.1, -0.05) is 23.7 Å². The van der Waals surface area contributed by atoms with Crippen LogP contribution in [0.4, 0.5) is 0 Å². The van der Waals surface area contributed by atoms with E-state index in [2.05, 4.69) is 4.98 Å². The van der Waals surface area contributed by atoms with Gasteiger partial charge in [-0.25, -0.2) is 0 Å². The number of nitrogens with one attached hydrogen (secondary N) is 1. The number of allylic oxidation sites excluding steroid dienone is 1. The average Bonchev–Trinajstić information content (AvgIpc) is 2.03. The fraction of sp³-hybridized carbons (Fsp3) is 0. The number of nitrogens with zero attached hydrogens (tertiary/aromatic N) is 1. The van der Waals surface area contributed by atoms with Gasteiger partial charge in [0.1, 0.15) is 5.17 Å². The van der Waals surface area contributed by atoms with Crippen molar-refractivity contribution in [2.24, 2.45) is 0 Å². The summed E-state index contributed by atoms with van der Waals surface area (Å²) in [6.07, 6.45) is 6.65. The highest BCUT2D eigenvalue weighted by atomic mass is 35.5. The van der Waals surface area contributed by atoms with E-state index in [4.69, 9.17) is 17.0 Å². The second-order valence-corrected chi connectivity index (χ2v) is 2.37. The third-order valence-corrected chi connectivity index (χ3v) is 1.23. The molecule has 0 radical (unpaired) electrons. The number of hydrogen-bond donors (Lipinski definition) is 1. The molecule has 1 heterocycles. The molecule has 0 aromatic carbocycles. The van der Waals surface area contributed by atoms with Crippen molar-refractivity contribution in [3.8, 4) is 0 Å². The van der Waals surface area contributed by atoms with Crippen molar-refractivity contribution in [2.45, 2.75) is 0 Å². The molecule has 0 fully saturated rings. The summed E-state index contributed by atoms with van der Waals surface area (Å²) in [7, 11) is 0. The largest absolute Gasteiger partial charge is 0.289 e. The predicted octanol–water partition coefficient (Wildman–Crippen LogP) is 2.31. The fourth-order valence-electron chi connectivity index (χ4n) is 0.644. The van der Waals surface area contributed by atoms with Crippen LogP contribution in [-0.2, 0) is 0 Å². The summed E-state index contributed by atoms with van der Waals surface area (Å²) in [5, 5.41) is 6.92. The van der Waals surface area contributed by atoms with E-state index in [-0.39, 0.29) is 5.17 Å². The van der Waals surface area contributed by atoms with Crippen LogP contribution in [0.25, 0.3) is 6.08 Å². The molecule has 0 unspecified atom stereocenters. The Balaban J connectivity index is 2.72. The topological polar surface area (TPSA) is 36.7 Å². The van der Waals surface area contributed by atoms with Gasteiger partial charge in [0.25, 0.3) is 0 Å². The predicted molar refractivity (Wildman–Crippen MR) is 46.9 cm³/mol. The van der Waals surface area contributed by atoms with Crippen LogP contribution in [-0.4, -0.2) is 10.2 Å². The number of rotatable bonds is 2. The molecule has 56 valence electrons. The van der Waals surface area contributed by atoms with Crippen LogP contribution in [0.5, 0.6) is 0 Å². The molecule has 3 heteroatoms. The van der Waals surface area contributed by atoms with Gasteiger partial charge in [0.05, 0.1) is 0 Å². The first kappa shape index (κ1) is 7.95.